The Balaban J connectivity index is 1.75. The maximum Gasteiger partial charge on any atom is 0.260 e. The fraction of sp³-hybridized carbons (Fsp3) is 0.333. The van der Waals surface area contributed by atoms with Gasteiger partial charge in [0.25, 0.3) is 11.8 Å². The van der Waals surface area contributed by atoms with Crippen molar-refractivity contribution in [2.75, 3.05) is 12.4 Å². The van der Waals surface area contributed by atoms with Gasteiger partial charge in [-0.05, 0) is 42.5 Å². The first-order valence-corrected chi connectivity index (χ1v) is 9.37. The monoisotopic (exact) mass is 378 g/mol. The van der Waals surface area contributed by atoms with Gasteiger partial charge in [0.1, 0.15) is 10.8 Å². The molecule has 5 nitrogen and oxygen atoms in total. The highest BCUT2D eigenvalue weighted by Crippen LogP contribution is 2.28. The Morgan fingerprint density at radius 2 is 1.92 bits per heavy atom. The number of thiophene rings is 1. The van der Waals surface area contributed by atoms with Crippen molar-refractivity contribution in [3.63, 3.8) is 0 Å². The number of carbonyl (C=O) groups is 2. The van der Waals surface area contributed by atoms with E-state index in [1.807, 2.05) is 0 Å². The Labute approximate surface area is 155 Å². The number of ether oxygens (including phenoxy) is 1. The third kappa shape index (κ3) is 4.14. The molecule has 7 heteroatoms. The van der Waals surface area contributed by atoms with Crippen LogP contribution in [-0.4, -0.2) is 25.0 Å². The summed E-state index contributed by atoms with van der Waals surface area (Å²) in [6.07, 6.45) is 4.31. The quantitative estimate of drug-likeness (QED) is 0.813. The van der Waals surface area contributed by atoms with Crippen molar-refractivity contribution in [2.24, 2.45) is 0 Å². The molecule has 132 valence electrons. The van der Waals surface area contributed by atoms with Crippen molar-refractivity contribution in [1.82, 2.24) is 5.32 Å². The zero-order chi connectivity index (χ0) is 17.8. The van der Waals surface area contributed by atoms with Crippen LogP contribution in [0.25, 0.3) is 0 Å². The van der Waals surface area contributed by atoms with Gasteiger partial charge < -0.3 is 15.4 Å². The number of amides is 2. The van der Waals surface area contributed by atoms with Gasteiger partial charge in [-0.2, -0.15) is 0 Å². The number of hydrogen-bond donors (Lipinski definition) is 2. The average molecular weight is 379 g/mol. The molecule has 1 fully saturated rings. The standard InChI is InChI=1S/C18H19ClN2O3S/c1-24-15-7-6-11(19)10-14(15)17(23)21-18-13(8-9-25-18)16(22)20-12-4-2-3-5-12/h6-10,12H,2-5H2,1H3,(H,20,22)(H,21,23). The van der Waals surface area contributed by atoms with Crippen molar-refractivity contribution >= 4 is 39.8 Å². The summed E-state index contributed by atoms with van der Waals surface area (Å²) in [6, 6.07) is 6.78. The third-order valence-corrected chi connectivity index (χ3v) is 5.30. The summed E-state index contributed by atoms with van der Waals surface area (Å²) in [5.74, 6) is -0.0892. The highest BCUT2D eigenvalue weighted by Gasteiger charge is 2.22. The average Bonchev–Trinajstić information content (AvgIpc) is 3.26. The Hall–Kier alpha value is -2.05. The molecule has 0 atom stereocenters. The molecule has 1 aromatic heterocycles. The van der Waals surface area contributed by atoms with Crippen molar-refractivity contribution in [3.05, 3.63) is 45.8 Å². The van der Waals surface area contributed by atoms with Gasteiger partial charge in [-0.25, -0.2) is 0 Å². The predicted octanol–water partition coefficient (Wildman–Crippen LogP) is 4.33. The molecule has 2 aromatic rings. The van der Waals surface area contributed by atoms with E-state index in [2.05, 4.69) is 10.6 Å². The van der Waals surface area contributed by atoms with Crippen molar-refractivity contribution in [3.8, 4) is 5.75 Å². The third-order valence-electron chi connectivity index (χ3n) is 4.23. The fourth-order valence-electron chi connectivity index (χ4n) is 2.95. The number of halogens is 1. The molecule has 0 bridgehead atoms. The minimum Gasteiger partial charge on any atom is -0.496 e. The van der Waals surface area contributed by atoms with E-state index in [1.54, 1.807) is 29.6 Å². The van der Waals surface area contributed by atoms with Gasteiger partial charge in [0, 0.05) is 11.1 Å². The summed E-state index contributed by atoms with van der Waals surface area (Å²) >= 11 is 7.29. The van der Waals surface area contributed by atoms with Crippen LogP contribution in [0.1, 0.15) is 46.4 Å². The van der Waals surface area contributed by atoms with Crippen LogP contribution < -0.4 is 15.4 Å². The lowest BCUT2D eigenvalue weighted by atomic mass is 10.2. The smallest absolute Gasteiger partial charge is 0.260 e. The Kier molecular flexibility index (Phi) is 5.60. The number of nitrogens with one attached hydrogen (secondary N) is 2. The lowest BCUT2D eigenvalue weighted by Crippen LogP contribution is -2.32. The molecule has 0 spiro atoms. The summed E-state index contributed by atoms with van der Waals surface area (Å²) in [7, 11) is 1.49. The lowest BCUT2D eigenvalue weighted by molar-refractivity contribution is 0.0939. The van der Waals surface area contributed by atoms with Crippen LogP contribution in [0.5, 0.6) is 5.75 Å². The van der Waals surface area contributed by atoms with Gasteiger partial charge >= 0.3 is 0 Å². The predicted molar refractivity (Wildman–Crippen MR) is 100.0 cm³/mol. The van der Waals surface area contributed by atoms with Crippen molar-refractivity contribution < 1.29 is 14.3 Å². The molecule has 1 saturated carbocycles. The molecule has 1 aliphatic carbocycles. The molecule has 0 saturated heterocycles. The first-order valence-electron chi connectivity index (χ1n) is 8.11. The van der Waals surface area contributed by atoms with Crippen molar-refractivity contribution in [2.45, 2.75) is 31.7 Å². The maximum absolute atomic E-state index is 12.6. The minimum atomic E-state index is -0.364. The van der Waals surface area contributed by atoms with E-state index in [9.17, 15) is 9.59 Å². The highest BCUT2D eigenvalue weighted by atomic mass is 35.5. The normalized spacial score (nSPS) is 14.3. The van der Waals surface area contributed by atoms with Gasteiger partial charge in [-0.15, -0.1) is 11.3 Å². The summed E-state index contributed by atoms with van der Waals surface area (Å²) in [5, 5.41) is 8.58. The van der Waals surface area contributed by atoms with E-state index in [4.69, 9.17) is 16.3 Å². The largest absolute Gasteiger partial charge is 0.496 e. The second-order valence-electron chi connectivity index (χ2n) is 5.92. The van der Waals surface area contributed by atoms with Crippen LogP contribution in [0, 0.1) is 0 Å². The van der Waals surface area contributed by atoms with Gasteiger partial charge in [-0.3, -0.25) is 9.59 Å². The molecule has 0 unspecified atom stereocenters. The van der Waals surface area contributed by atoms with E-state index < -0.39 is 0 Å². The molecule has 2 N–H and O–H groups in total. The molecule has 1 aliphatic rings. The topological polar surface area (TPSA) is 67.4 Å². The highest BCUT2D eigenvalue weighted by molar-refractivity contribution is 7.14. The lowest BCUT2D eigenvalue weighted by Gasteiger charge is -2.13. The van der Waals surface area contributed by atoms with Gasteiger partial charge in [0.15, 0.2) is 0 Å². The maximum atomic E-state index is 12.6. The first-order chi connectivity index (χ1) is 12.1. The summed E-state index contributed by atoms with van der Waals surface area (Å²) < 4.78 is 5.21. The van der Waals surface area contributed by atoms with Gasteiger partial charge in [0.2, 0.25) is 0 Å². The molecule has 0 radical (unpaired) electrons. The van der Waals surface area contributed by atoms with Gasteiger partial charge in [0.05, 0.1) is 18.2 Å². The molecule has 0 aliphatic heterocycles. The summed E-state index contributed by atoms with van der Waals surface area (Å²) in [6.45, 7) is 0. The molecule has 3 rings (SSSR count). The number of hydrogen-bond acceptors (Lipinski definition) is 4. The zero-order valence-corrected chi connectivity index (χ0v) is 15.4. The molecular weight excluding hydrogens is 360 g/mol. The van der Waals surface area contributed by atoms with Crippen LogP contribution in [0.2, 0.25) is 5.02 Å². The number of rotatable bonds is 5. The van der Waals surface area contributed by atoms with E-state index in [0.29, 0.717) is 26.9 Å². The van der Waals surface area contributed by atoms with Crippen LogP contribution >= 0.6 is 22.9 Å². The molecule has 1 aromatic carbocycles. The fourth-order valence-corrected chi connectivity index (χ4v) is 3.90. The second-order valence-corrected chi connectivity index (χ2v) is 7.27. The number of anilines is 1. The van der Waals surface area contributed by atoms with E-state index in [1.165, 1.54) is 18.4 Å². The molecular formula is C18H19ClN2O3S. The van der Waals surface area contributed by atoms with Crippen LogP contribution in [0.15, 0.2) is 29.6 Å². The summed E-state index contributed by atoms with van der Waals surface area (Å²) in [4.78, 5) is 25.1. The van der Waals surface area contributed by atoms with Crippen LogP contribution in [-0.2, 0) is 0 Å². The van der Waals surface area contributed by atoms with E-state index in [-0.39, 0.29) is 17.9 Å². The van der Waals surface area contributed by atoms with Crippen LogP contribution in [0.4, 0.5) is 5.00 Å². The first kappa shape index (κ1) is 17.8. The molecule has 2 amide bonds. The SMILES string of the molecule is COc1ccc(Cl)cc1C(=O)Nc1sccc1C(=O)NC1CCCC1. The Morgan fingerprint density at radius 3 is 2.64 bits per heavy atom. The zero-order valence-electron chi connectivity index (χ0n) is 13.8. The number of carbonyl (C=O) groups excluding carboxylic acids is 2. The number of benzene rings is 1. The minimum absolute atomic E-state index is 0.151. The van der Waals surface area contributed by atoms with Crippen LogP contribution in [0.3, 0.4) is 0 Å². The second kappa shape index (κ2) is 7.89. The van der Waals surface area contributed by atoms with Gasteiger partial charge in [-0.1, -0.05) is 24.4 Å². The number of methoxy groups -OCH3 is 1. The molecule has 25 heavy (non-hydrogen) atoms. The Morgan fingerprint density at radius 1 is 1.16 bits per heavy atom. The van der Waals surface area contributed by atoms with E-state index >= 15 is 0 Å². The summed E-state index contributed by atoms with van der Waals surface area (Å²) in [5.41, 5.74) is 0.803. The van der Waals surface area contributed by atoms with E-state index in [0.717, 1.165) is 25.7 Å². The Bertz CT molecular complexity index is 784. The molecule has 1 heterocycles. The van der Waals surface area contributed by atoms with Crippen molar-refractivity contribution in [1.29, 1.82) is 0 Å².